The molecule has 0 radical (unpaired) electrons. The lowest BCUT2D eigenvalue weighted by atomic mass is 9.80. The van der Waals surface area contributed by atoms with E-state index in [2.05, 4.69) is 46.8 Å². The van der Waals surface area contributed by atoms with Crippen molar-refractivity contribution in [1.29, 1.82) is 0 Å². The second kappa shape index (κ2) is 7.66. The first-order chi connectivity index (χ1) is 10.2. The number of aliphatic carboxylic acids is 1. The molecule has 0 bridgehead atoms. The Labute approximate surface area is 134 Å². The summed E-state index contributed by atoms with van der Waals surface area (Å²) in [6.45, 7) is 13.2. The zero-order valence-electron chi connectivity index (χ0n) is 14.8. The normalized spacial score (nSPS) is 13.0. The van der Waals surface area contributed by atoms with Crippen LogP contribution >= 0.6 is 0 Å². The predicted molar refractivity (Wildman–Crippen MR) is 90.9 cm³/mol. The van der Waals surface area contributed by atoms with Gasteiger partial charge in [-0.2, -0.15) is 0 Å². The van der Waals surface area contributed by atoms with Gasteiger partial charge >= 0.3 is 5.97 Å². The number of carboxylic acids is 1. The molecule has 0 heterocycles. The number of carboxylic acid groups (broad SMARTS) is 1. The van der Waals surface area contributed by atoms with Crippen LogP contribution in [0.1, 0.15) is 76.5 Å². The maximum absolute atomic E-state index is 11.3. The number of hydrogen-bond donors (Lipinski definition) is 1. The molecule has 0 aliphatic heterocycles. The number of aryl methyl sites for hydroxylation is 1. The van der Waals surface area contributed by atoms with Crippen LogP contribution in [0.4, 0.5) is 0 Å². The first-order valence-electron chi connectivity index (χ1n) is 8.20. The Morgan fingerprint density at radius 1 is 1.27 bits per heavy atom. The van der Waals surface area contributed by atoms with Gasteiger partial charge in [0.1, 0.15) is 5.75 Å². The molecule has 0 fully saturated rings. The SMILES string of the molecule is CCCC(CC(=O)O)c1cc(C)cc(C(C)(C)C)c1OCC. The van der Waals surface area contributed by atoms with Gasteiger partial charge in [-0.3, -0.25) is 4.79 Å². The van der Waals surface area contributed by atoms with Gasteiger partial charge < -0.3 is 9.84 Å². The van der Waals surface area contributed by atoms with E-state index >= 15 is 0 Å². The number of ether oxygens (including phenoxy) is 1. The Kier molecular flexibility index (Phi) is 6.46. The van der Waals surface area contributed by atoms with Crippen molar-refractivity contribution < 1.29 is 14.6 Å². The Balaban J connectivity index is 3.48. The maximum atomic E-state index is 11.3. The molecular formula is C19H30O3. The molecule has 1 N–H and O–H groups in total. The molecule has 0 spiro atoms. The van der Waals surface area contributed by atoms with E-state index in [4.69, 9.17) is 4.74 Å². The summed E-state index contributed by atoms with van der Waals surface area (Å²) in [6, 6.07) is 4.27. The van der Waals surface area contributed by atoms with E-state index < -0.39 is 5.97 Å². The quantitative estimate of drug-likeness (QED) is 0.766. The highest BCUT2D eigenvalue weighted by atomic mass is 16.5. The highest BCUT2D eigenvalue weighted by molar-refractivity contribution is 5.68. The van der Waals surface area contributed by atoms with Gasteiger partial charge in [-0.15, -0.1) is 0 Å². The molecule has 124 valence electrons. The molecule has 3 nitrogen and oxygen atoms in total. The molecule has 1 aromatic carbocycles. The smallest absolute Gasteiger partial charge is 0.303 e. The second-order valence-corrected chi connectivity index (χ2v) is 7.00. The van der Waals surface area contributed by atoms with E-state index in [1.807, 2.05) is 6.92 Å². The summed E-state index contributed by atoms with van der Waals surface area (Å²) in [5.74, 6) is 0.144. The van der Waals surface area contributed by atoms with E-state index in [0.29, 0.717) is 6.61 Å². The van der Waals surface area contributed by atoms with Crippen LogP contribution in [0, 0.1) is 6.92 Å². The van der Waals surface area contributed by atoms with Crippen LogP contribution in [0.5, 0.6) is 5.75 Å². The summed E-state index contributed by atoms with van der Waals surface area (Å²) in [5.41, 5.74) is 3.34. The van der Waals surface area contributed by atoms with E-state index in [1.165, 1.54) is 0 Å². The summed E-state index contributed by atoms with van der Waals surface area (Å²) in [6.07, 6.45) is 1.97. The van der Waals surface area contributed by atoms with E-state index in [-0.39, 0.29) is 17.8 Å². The van der Waals surface area contributed by atoms with Crippen molar-refractivity contribution >= 4 is 5.97 Å². The Morgan fingerprint density at radius 2 is 1.91 bits per heavy atom. The molecular weight excluding hydrogens is 276 g/mol. The molecule has 1 unspecified atom stereocenters. The third-order valence-electron chi connectivity index (χ3n) is 3.86. The van der Waals surface area contributed by atoms with E-state index in [0.717, 1.165) is 35.3 Å². The van der Waals surface area contributed by atoms with Gasteiger partial charge in [0, 0.05) is 5.56 Å². The molecule has 1 rings (SSSR count). The van der Waals surface area contributed by atoms with Gasteiger partial charge in [-0.05, 0) is 37.2 Å². The lowest BCUT2D eigenvalue weighted by Gasteiger charge is -2.28. The zero-order valence-corrected chi connectivity index (χ0v) is 14.8. The molecule has 1 aromatic rings. The first kappa shape index (κ1) is 18.5. The summed E-state index contributed by atoms with van der Waals surface area (Å²) >= 11 is 0. The maximum Gasteiger partial charge on any atom is 0.303 e. The fourth-order valence-electron chi connectivity index (χ4n) is 2.89. The van der Waals surface area contributed by atoms with Crippen LogP contribution in [0.15, 0.2) is 12.1 Å². The largest absolute Gasteiger partial charge is 0.493 e. The van der Waals surface area contributed by atoms with Gasteiger partial charge in [0.05, 0.1) is 13.0 Å². The monoisotopic (exact) mass is 306 g/mol. The highest BCUT2D eigenvalue weighted by Crippen LogP contribution is 2.41. The fourth-order valence-corrected chi connectivity index (χ4v) is 2.89. The standard InChI is InChI=1S/C19H30O3/c1-7-9-14(12-17(20)21)15-10-13(3)11-16(19(4,5)6)18(15)22-8-2/h10-11,14H,7-9,12H2,1-6H3,(H,20,21). The van der Waals surface area contributed by atoms with Crippen LogP contribution in [0.25, 0.3) is 0 Å². The first-order valence-corrected chi connectivity index (χ1v) is 8.20. The fraction of sp³-hybridized carbons (Fsp3) is 0.632. The van der Waals surface area contributed by atoms with Crippen molar-refractivity contribution in [2.45, 2.75) is 72.1 Å². The van der Waals surface area contributed by atoms with Crippen molar-refractivity contribution in [2.24, 2.45) is 0 Å². The average molecular weight is 306 g/mol. The Morgan fingerprint density at radius 3 is 2.36 bits per heavy atom. The number of rotatable bonds is 7. The van der Waals surface area contributed by atoms with Gasteiger partial charge in [0.25, 0.3) is 0 Å². The van der Waals surface area contributed by atoms with Gasteiger partial charge in [0.15, 0.2) is 0 Å². The minimum Gasteiger partial charge on any atom is -0.493 e. The molecule has 0 amide bonds. The van der Waals surface area contributed by atoms with Crippen molar-refractivity contribution in [3.8, 4) is 5.75 Å². The predicted octanol–water partition coefficient (Wildman–Crippen LogP) is 5.05. The Hall–Kier alpha value is -1.51. The lowest BCUT2D eigenvalue weighted by molar-refractivity contribution is -0.137. The summed E-state index contributed by atoms with van der Waals surface area (Å²) in [7, 11) is 0. The number of benzene rings is 1. The van der Waals surface area contributed by atoms with Crippen LogP contribution in [-0.4, -0.2) is 17.7 Å². The summed E-state index contributed by atoms with van der Waals surface area (Å²) in [4.78, 5) is 11.3. The second-order valence-electron chi connectivity index (χ2n) is 7.00. The highest BCUT2D eigenvalue weighted by Gasteiger charge is 2.26. The van der Waals surface area contributed by atoms with Crippen LogP contribution in [-0.2, 0) is 10.2 Å². The number of hydrogen-bond acceptors (Lipinski definition) is 2. The summed E-state index contributed by atoms with van der Waals surface area (Å²) in [5, 5.41) is 9.25. The number of carbonyl (C=O) groups is 1. The van der Waals surface area contributed by atoms with Crippen molar-refractivity contribution in [3.63, 3.8) is 0 Å². The molecule has 0 aliphatic rings. The van der Waals surface area contributed by atoms with Crippen molar-refractivity contribution in [2.75, 3.05) is 6.61 Å². The third kappa shape index (κ3) is 4.75. The average Bonchev–Trinajstić information content (AvgIpc) is 2.38. The molecule has 0 saturated carbocycles. The molecule has 0 aliphatic carbocycles. The van der Waals surface area contributed by atoms with Crippen molar-refractivity contribution in [1.82, 2.24) is 0 Å². The minimum absolute atomic E-state index is 0.00468. The summed E-state index contributed by atoms with van der Waals surface area (Å²) < 4.78 is 5.97. The molecule has 0 saturated heterocycles. The molecule has 3 heteroatoms. The van der Waals surface area contributed by atoms with Crippen LogP contribution < -0.4 is 4.74 Å². The topological polar surface area (TPSA) is 46.5 Å². The van der Waals surface area contributed by atoms with E-state index in [9.17, 15) is 9.90 Å². The Bertz CT molecular complexity index is 512. The van der Waals surface area contributed by atoms with Gasteiger partial charge in [-0.25, -0.2) is 0 Å². The van der Waals surface area contributed by atoms with E-state index in [1.54, 1.807) is 0 Å². The molecule has 0 aromatic heterocycles. The zero-order chi connectivity index (χ0) is 16.9. The van der Waals surface area contributed by atoms with Crippen LogP contribution in [0.3, 0.4) is 0 Å². The van der Waals surface area contributed by atoms with Crippen molar-refractivity contribution in [3.05, 3.63) is 28.8 Å². The molecule has 1 atom stereocenters. The lowest BCUT2D eigenvalue weighted by Crippen LogP contribution is -2.17. The van der Waals surface area contributed by atoms with Gasteiger partial charge in [-0.1, -0.05) is 51.8 Å². The molecule has 22 heavy (non-hydrogen) atoms. The minimum atomic E-state index is -0.750. The van der Waals surface area contributed by atoms with Gasteiger partial charge in [0.2, 0.25) is 0 Å². The third-order valence-corrected chi connectivity index (χ3v) is 3.86. The van der Waals surface area contributed by atoms with Crippen LogP contribution in [0.2, 0.25) is 0 Å².